The molecule has 2 aromatic rings. The quantitative estimate of drug-likeness (QED) is 0.904. The third-order valence-electron chi connectivity index (χ3n) is 3.91. The highest BCUT2D eigenvalue weighted by molar-refractivity contribution is 6.05. The van der Waals surface area contributed by atoms with Crippen molar-refractivity contribution in [3.05, 3.63) is 41.4 Å². The van der Waals surface area contributed by atoms with Crippen molar-refractivity contribution >= 4 is 17.6 Å². The standard InChI is InChI=1S/C16H19N5O3/c1-11-7-14(19-24-11)18-15(22)12-8-13(10-17-9-12)16(23)21-5-3-20(2)4-6-21/h7-10H,3-6H2,1-2H3,(H,18,19,22). The van der Waals surface area contributed by atoms with Crippen molar-refractivity contribution < 1.29 is 14.1 Å². The summed E-state index contributed by atoms with van der Waals surface area (Å²) in [6.45, 7) is 4.75. The predicted octanol–water partition coefficient (Wildman–Crippen LogP) is 1.02. The molecule has 2 aromatic heterocycles. The number of nitrogens with zero attached hydrogens (tertiary/aromatic N) is 4. The van der Waals surface area contributed by atoms with Crippen LogP contribution >= 0.6 is 0 Å². The molecule has 0 unspecified atom stereocenters. The van der Waals surface area contributed by atoms with Crippen LogP contribution in [-0.4, -0.2) is 65.0 Å². The van der Waals surface area contributed by atoms with Crippen LogP contribution in [0.1, 0.15) is 26.5 Å². The van der Waals surface area contributed by atoms with Gasteiger partial charge >= 0.3 is 0 Å². The molecule has 1 aliphatic heterocycles. The molecule has 0 saturated carbocycles. The molecule has 1 saturated heterocycles. The third kappa shape index (κ3) is 3.60. The van der Waals surface area contributed by atoms with E-state index in [-0.39, 0.29) is 11.8 Å². The van der Waals surface area contributed by atoms with Crippen LogP contribution in [0.3, 0.4) is 0 Å². The van der Waals surface area contributed by atoms with Crippen LogP contribution in [0.4, 0.5) is 5.82 Å². The number of rotatable bonds is 3. The number of anilines is 1. The number of likely N-dealkylation sites (N-methyl/N-ethyl adjacent to an activating group) is 1. The fraction of sp³-hybridized carbons (Fsp3) is 0.375. The van der Waals surface area contributed by atoms with Gasteiger partial charge < -0.3 is 19.6 Å². The molecule has 0 bridgehead atoms. The summed E-state index contributed by atoms with van der Waals surface area (Å²) in [5, 5.41) is 6.33. The van der Waals surface area contributed by atoms with E-state index in [0.717, 1.165) is 13.1 Å². The van der Waals surface area contributed by atoms with E-state index in [2.05, 4.69) is 20.4 Å². The number of aryl methyl sites for hydroxylation is 1. The van der Waals surface area contributed by atoms with Crippen LogP contribution in [0.15, 0.2) is 29.0 Å². The molecule has 3 heterocycles. The summed E-state index contributed by atoms with van der Waals surface area (Å²) in [4.78, 5) is 32.8. The summed E-state index contributed by atoms with van der Waals surface area (Å²) < 4.78 is 4.91. The van der Waals surface area contributed by atoms with Crippen molar-refractivity contribution in [3.63, 3.8) is 0 Å². The Kier molecular flexibility index (Phi) is 4.57. The molecule has 1 aliphatic rings. The van der Waals surface area contributed by atoms with Gasteiger partial charge in [-0.3, -0.25) is 14.6 Å². The molecule has 1 fully saturated rings. The minimum absolute atomic E-state index is 0.109. The summed E-state index contributed by atoms with van der Waals surface area (Å²) in [6.07, 6.45) is 2.90. The number of hydrogen-bond donors (Lipinski definition) is 1. The molecule has 3 rings (SSSR count). The van der Waals surface area contributed by atoms with Gasteiger partial charge in [-0.1, -0.05) is 5.16 Å². The number of amides is 2. The first-order valence-electron chi connectivity index (χ1n) is 7.70. The molecule has 8 heteroatoms. The average Bonchev–Trinajstić information content (AvgIpc) is 3.00. The van der Waals surface area contributed by atoms with Crippen molar-refractivity contribution in [1.82, 2.24) is 19.9 Å². The largest absolute Gasteiger partial charge is 0.360 e. The van der Waals surface area contributed by atoms with E-state index in [4.69, 9.17) is 4.52 Å². The lowest BCUT2D eigenvalue weighted by Gasteiger charge is -2.32. The van der Waals surface area contributed by atoms with Crippen LogP contribution in [0, 0.1) is 6.92 Å². The zero-order chi connectivity index (χ0) is 17.1. The van der Waals surface area contributed by atoms with Gasteiger partial charge in [-0.2, -0.15) is 0 Å². The molecule has 0 atom stereocenters. The van der Waals surface area contributed by atoms with Gasteiger partial charge in [-0.25, -0.2) is 0 Å². The Bertz CT molecular complexity index is 750. The summed E-state index contributed by atoms with van der Waals surface area (Å²) in [5.41, 5.74) is 0.708. The first-order chi connectivity index (χ1) is 11.5. The molecule has 126 valence electrons. The molecular weight excluding hydrogens is 310 g/mol. The average molecular weight is 329 g/mol. The highest BCUT2D eigenvalue weighted by Crippen LogP contribution is 2.12. The van der Waals surface area contributed by atoms with Crippen molar-refractivity contribution in [2.75, 3.05) is 38.5 Å². The Hall–Kier alpha value is -2.74. The van der Waals surface area contributed by atoms with E-state index in [9.17, 15) is 9.59 Å². The second kappa shape index (κ2) is 6.79. The molecular formula is C16H19N5O3. The van der Waals surface area contributed by atoms with E-state index in [0.29, 0.717) is 35.8 Å². The highest BCUT2D eigenvalue weighted by Gasteiger charge is 2.21. The van der Waals surface area contributed by atoms with Gasteiger partial charge in [0.15, 0.2) is 5.82 Å². The van der Waals surface area contributed by atoms with Gasteiger partial charge in [-0.15, -0.1) is 0 Å². The lowest BCUT2D eigenvalue weighted by molar-refractivity contribution is 0.0663. The Labute approximate surface area is 139 Å². The summed E-state index contributed by atoms with van der Waals surface area (Å²) in [7, 11) is 2.03. The van der Waals surface area contributed by atoms with Crippen molar-refractivity contribution in [2.24, 2.45) is 0 Å². The summed E-state index contributed by atoms with van der Waals surface area (Å²) in [5.74, 6) is 0.432. The van der Waals surface area contributed by atoms with Gasteiger partial charge in [-0.05, 0) is 20.0 Å². The van der Waals surface area contributed by atoms with E-state index in [1.54, 1.807) is 24.0 Å². The molecule has 0 aromatic carbocycles. The van der Waals surface area contributed by atoms with Crippen LogP contribution in [-0.2, 0) is 0 Å². The normalized spacial score (nSPS) is 15.3. The second-order valence-electron chi connectivity index (χ2n) is 5.83. The maximum atomic E-state index is 12.6. The van der Waals surface area contributed by atoms with Gasteiger partial charge in [0.1, 0.15) is 5.76 Å². The number of nitrogens with one attached hydrogen (secondary N) is 1. The van der Waals surface area contributed by atoms with Gasteiger partial charge in [0.2, 0.25) is 0 Å². The zero-order valence-corrected chi connectivity index (χ0v) is 13.7. The zero-order valence-electron chi connectivity index (χ0n) is 13.7. The monoisotopic (exact) mass is 329 g/mol. The van der Waals surface area contributed by atoms with Crippen molar-refractivity contribution in [3.8, 4) is 0 Å². The molecule has 8 nitrogen and oxygen atoms in total. The summed E-state index contributed by atoms with van der Waals surface area (Å²) in [6, 6.07) is 3.17. The maximum absolute atomic E-state index is 12.6. The fourth-order valence-electron chi connectivity index (χ4n) is 2.49. The molecule has 0 spiro atoms. The number of carbonyl (C=O) groups excluding carboxylic acids is 2. The lowest BCUT2D eigenvalue weighted by Crippen LogP contribution is -2.47. The number of pyridine rings is 1. The SMILES string of the molecule is Cc1cc(NC(=O)c2cncc(C(=O)N3CCN(C)CC3)c2)no1. The Morgan fingerprint density at radius 2 is 1.83 bits per heavy atom. The molecule has 0 radical (unpaired) electrons. The molecule has 0 aliphatic carbocycles. The second-order valence-corrected chi connectivity index (χ2v) is 5.83. The van der Waals surface area contributed by atoms with E-state index < -0.39 is 0 Å². The van der Waals surface area contributed by atoms with Crippen LogP contribution in [0.2, 0.25) is 0 Å². The number of piperazine rings is 1. The first-order valence-corrected chi connectivity index (χ1v) is 7.70. The highest BCUT2D eigenvalue weighted by atomic mass is 16.5. The fourth-order valence-corrected chi connectivity index (χ4v) is 2.49. The van der Waals surface area contributed by atoms with Crippen LogP contribution in [0.5, 0.6) is 0 Å². The van der Waals surface area contributed by atoms with E-state index >= 15 is 0 Å². The Morgan fingerprint density at radius 1 is 1.12 bits per heavy atom. The number of aromatic nitrogens is 2. The third-order valence-corrected chi connectivity index (χ3v) is 3.91. The molecule has 24 heavy (non-hydrogen) atoms. The first kappa shape index (κ1) is 16.1. The van der Waals surface area contributed by atoms with Crippen molar-refractivity contribution in [1.29, 1.82) is 0 Å². The minimum atomic E-state index is -0.385. The smallest absolute Gasteiger partial charge is 0.258 e. The lowest BCUT2D eigenvalue weighted by atomic mass is 10.1. The van der Waals surface area contributed by atoms with Crippen LogP contribution < -0.4 is 5.32 Å². The van der Waals surface area contributed by atoms with E-state index in [1.807, 2.05) is 7.05 Å². The number of hydrogen-bond acceptors (Lipinski definition) is 6. The molecule has 2 amide bonds. The van der Waals surface area contributed by atoms with Crippen molar-refractivity contribution in [2.45, 2.75) is 6.92 Å². The van der Waals surface area contributed by atoms with Gasteiger partial charge in [0, 0.05) is 44.6 Å². The minimum Gasteiger partial charge on any atom is -0.360 e. The van der Waals surface area contributed by atoms with E-state index in [1.165, 1.54) is 12.4 Å². The summed E-state index contributed by atoms with van der Waals surface area (Å²) >= 11 is 0. The Balaban J connectivity index is 1.71. The maximum Gasteiger partial charge on any atom is 0.258 e. The molecule has 1 N–H and O–H groups in total. The van der Waals surface area contributed by atoms with Gasteiger partial charge in [0.05, 0.1) is 11.1 Å². The van der Waals surface area contributed by atoms with Crippen LogP contribution in [0.25, 0.3) is 0 Å². The number of carbonyl (C=O) groups is 2. The van der Waals surface area contributed by atoms with Gasteiger partial charge in [0.25, 0.3) is 11.8 Å². The Morgan fingerprint density at radius 3 is 2.50 bits per heavy atom. The topological polar surface area (TPSA) is 91.6 Å². The predicted molar refractivity (Wildman–Crippen MR) is 86.8 cm³/mol.